The van der Waals surface area contributed by atoms with Crippen LogP contribution in [0.25, 0.3) is 11.4 Å². The van der Waals surface area contributed by atoms with E-state index >= 15 is 0 Å². The second kappa shape index (κ2) is 5.07. The standard InChI is InChI=1S/C13H15N3O3/c1-8-6-14-4-2-9(8)12-15-13(19-16-12)10-7-18-5-3-11(10)17/h2,4,6,10-11,17H,3,5,7H2,1H3. The number of pyridine rings is 1. The van der Waals surface area contributed by atoms with E-state index in [-0.39, 0.29) is 5.92 Å². The maximum atomic E-state index is 9.94. The Hall–Kier alpha value is -1.79. The molecule has 2 aromatic heterocycles. The molecule has 1 aliphatic rings. The third-order valence-electron chi connectivity index (χ3n) is 3.34. The molecule has 0 aromatic carbocycles. The SMILES string of the molecule is Cc1cnccc1-c1noc(C2COCCC2O)n1. The first-order chi connectivity index (χ1) is 9.25. The van der Waals surface area contributed by atoms with E-state index < -0.39 is 6.10 Å². The molecule has 3 heterocycles. The summed E-state index contributed by atoms with van der Waals surface area (Å²) in [5.74, 6) is 0.711. The highest BCUT2D eigenvalue weighted by atomic mass is 16.5. The molecular weight excluding hydrogens is 246 g/mol. The molecular formula is C13H15N3O3. The molecule has 2 aromatic rings. The van der Waals surface area contributed by atoms with Crippen molar-refractivity contribution in [3.63, 3.8) is 0 Å². The number of nitrogens with zero attached hydrogens (tertiary/aromatic N) is 3. The zero-order valence-corrected chi connectivity index (χ0v) is 10.6. The first kappa shape index (κ1) is 12.3. The van der Waals surface area contributed by atoms with Crippen molar-refractivity contribution >= 4 is 0 Å². The van der Waals surface area contributed by atoms with E-state index in [4.69, 9.17) is 9.26 Å². The van der Waals surface area contributed by atoms with Gasteiger partial charge in [-0.1, -0.05) is 5.16 Å². The second-order valence-electron chi connectivity index (χ2n) is 4.68. The monoisotopic (exact) mass is 261 g/mol. The van der Waals surface area contributed by atoms with Gasteiger partial charge >= 0.3 is 0 Å². The highest BCUT2D eigenvalue weighted by molar-refractivity contribution is 5.57. The van der Waals surface area contributed by atoms with Gasteiger partial charge in [-0.15, -0.1) is 0 Å². The van der Waals surface area contributed by atoms with E-state index in [0.717, 1.165) is 11.1 Å². The summed E-state index contributed by atoms with van der Waals surface area (Å²) in [6, 6.07) is 1.85. The van der Waals surface area contributed by atoms with Crippen LogP contribution in [-0.4, -0.2) is 39.5 Å². The van der Waals surface area contributed by atoms with Crippen molar-refractivity contribution in [1.29, 1.82) is 0 Å². The van der Waals surface area contributed by atoms with Gasteiger partial charge in [0.05, 0.1) is 18.6 Å². The Kier molecular flexibility index (Phi) is 3.27. The van der Waals surface area contributed by atoms with Gasteiger partial charge in [0.15, 0.2) is 0 Å². The van der Waals surface area contributed by atoms with Crippen LogP contribution >= 0.6 is 0 Å². The molecule has 0 aliphatic carbocycles. The lowest BCUT2D eigenvalue weighted by atomic mass is 9.99. The number of aliphatic hydroxyl groups excluding tert-OH is 1. The van der Waals surface area contributed by atoms with Crippen molar-refractivity contribution in [3.8, 4) is 11.4 Å². The Labute approximate surface area is 110 Å². The minimum absolute atomic E-state index is 0.239. The molecule has 19 heavy (non-hydrogen) atoms. The van der Waals surface area contributed by atoms with E-state index in [9.17, 15) is 5.11 Å². The Morgan fingerprint density at radius 3 is 3.11 bits per heavy atom. The molecule has 6 heteroatoms. The topological polar surface area (TPSA) is 81.3 Å². The highest BCUT2D eigenvalue weighted by Gasteiger charge is 2.30. The van der Waals surface area contributed by atoms with Crippen molar-refractivity contribution < 1.29 is 14.4 Å². The van der Waals surface area contributed by atoms with Crippen LogP contribution in [0.1, 0.15) is 23.8 Å². The Morgan fingerprint density at radius 1 is 1.42 bits per heavy atom. The van der Waals surface area contributed by atoms with Gasteiger partial charge in [0.1, 0.15) is 0 Å². The Morgan fingerprint density at radius 2 is 2.32 bits per heavy atom. The summed E-state index contributed by atoms with van der Waals surface area (Å²) in [5, 5.41) is 13.9. The Bertz CT molecular complexity index is 570. The van der Waals surface area contributed by atoms with E-state index in [2.05, 4.69) is 15.1 Å². The molecule has 1 fully saturated rings. The van der Waals surface area contributed by atoms with Crippen LogP contribution in [0.3, 0.4) is 0 Å². The van der Waals surface area contributed by atoms with Crippen molar-refractivity contribution in [2.45, 2.75) is 25.4 Å². The van der Waals surface area contributed by atoms with Gasteiger partial charge in [0.25, 0.3) is 0 Å². The lowest BCUT2D eigenvalue weighted by Gasteiger charge is -2.24. The zero-order chi connectivity index (χ0) is 13.2. The first-order valence-corrected chi connectivity index (χ1v) is 6.26. The summed E-state index contributed by atoms with van der Waals surface area (Å²) in [4.78, 5) is 8.40. The molecule has 0 spiro atoms. The zero-order valence-electron chi connectivity index (χ0n) is 10.6. The number of rotatable bonds is 2. The smallest absolute Gasteiger partial charge is 0.235 e. The third kappa shape index (κ3) is 2.36. The summed E-state index contributed by atoms with van der Waals surface area (Å²) in [6.45, 7) is 2.93. The van der Waals surface area contributed by atoms with Crippen LogP contribution in [-0.2, 0) is 4.74 Å². The molecule has 1 saturated heterocycles. The number of aromatic nitrogens is 3. The molecule has 0 saturated carbocycles. The molecule has 2 atom stereocenters. The summed E-state index contributed by atoms with van der Waals surface area (Å²) < 4.78 is 10.6. The van der Waals surface area contributed by atoms with Crippen LogP contribution in [0, 0.1) is 6.92 Å². The van der Waals surface area contributed by atoms with E-state index in [1.165, 1.54) is 0 Å². The lowest BCUT2D eigenvalue weighted by molar-refractivity contribution is -0.0149. The quantitative estimate of drug-likeness (QED) is 0.877. The van der Waals surface area contributed by atoms with Gasteiger partial charge in [-0.05, 0) is 25.0 Å². The Balaban J connectivity index is 1.89. The fourth-order valence-electron chi connectivity index (χ4n) is 2.18. The number of hydrogen-bond acceptors (Lipinski definition) is 6. The number of ether oxygens (including phenoxy) is 1. The average Bonchev–Trinajstić information content (AvgIpc) is 2.89. The molecule has 100 valence electrons. The molecule has 1 aliphatic heterocycles. The van der Waals surface area contributed by atoms with Crippen molar-refractivity contribution in [2.75, 3.05) is 13.2 Å². The molecule has 6 nitrogen and oxygen atoms in total. The van der Waals surface area contributed by atoms with E-state index in [0.29, 0.717) is 31.3 Å². The molecule has 0 amide bonds. The second-order valence-corrected chi connectivity index (χ2v) is 4.68. The van der Waals surface area contributed by atoms with Crippen LogP contribution in [0.4, 0.5) is 0 Å². The predicted octanol–water partition coefficient (Wildman–Crippen LogP) is 1.30. The highest BCUT2D eigenvalue weighted by Crippen LogP contribution is 2.27. The van der Waals surface area contributed by atoms with Gasteiger partial charge in [-0.3, -0.25) is 4.98 Å². The third-order valence-corrected chi connectivity index (χ3v) is 3.34. The van der Waals surface area contributed by atoms with Gasteiger partial charge in [0, 0.05) is 24.6 Å². The van der Waals surface area contributed by atoms with Gasteiger partial charge < -0.3 is 14.4 Å². The van der Waals surface area contributed by atoms with Crippen molar-refractivity contribution in [2.24, 2.45) is 0 Å². The lowest BCUT2D eigenvalue weighted by Crippen LogP contribution is -2.30. The largest absolute Gasteiger partial charge is 0.392 e. The maximum Gasteiger partial charge on any atom is 0.235 e. The number of aliphatic hydroxyl groups is 1. The number of hydrogen-bond donors (Lipinski definition) is 1. The van der Waals surface area contributed by atoms with Crippen LogP contribution in [0.2, 0.25) is 0 Å². The van der Waals surface area contributed by atoms with Gasteiger partial charge in [-0.25, -0.2) is 0 Å². The van der Waals surface area contributed by atoms with E-state index in [1.807, 2.05) is 13.0 Å². The summed E-state index contributed by atoms with van der Waals surface area (Å²) in [5.41, 5.74) is 1.87. The maximum absolute atomic E-state index is 9.94. The fraction of sp³-hybridized carbons (Fsp3) is 0.462. The predicted molar refractivity (Wildman–Crippen MR) is 66.4 cm³/mol. The molecule has 0 radical (unpaired) electrons. The minimum atomic E-state index is -0.486. The van der Waals surface area contributed by atoms with Crippen molar-refractivity contribution in [3.05, 3.63) is 29.9 Å². The summed E-state index contributed by atoms with van der Waals surface area (Å²) in [6.07, 6.45) is 3.55. The molecule has 0 bridgehead atoms. The minimum Gasteiger partial charge on any atom is -0.392 e. The fourth-order valence-corrected chi connectivity index (χ4v) is 2.18. The van der Waals surface area contributed by atoms with E-state index in [1.54, 1.807) is 12.4 Å². The van der Waals surface area contributed by atoms with Crippen LogP contribution in [0.5, 0.6) is 0 Å². The first-order valence-electron chi connectivity index (χ1n) is 6.26. The summed E-state index contributed by atoms with van der Waals surface area (Å²) >= 11 is 0. The molecule has 3 rings (SSSR count). The van der Waals surface area contributed by atoms with Gasteiger partial charge in [0.2, 0.25) is 11.7 Å². The summed E-state index contributed by atoms with van der Waals surface area (Å²) in [7, 11) is 0. The van der Waals surface area contributed by atoms with Crippen LogP contribution in [0.15, 0.2) is 23.0 Å². The number of aryl methyl sites for hydroxylation is 1. The molecule has 1 N–H and O–H groups in total. The van der Waals surface area contributed by atoms with Crippen molar-refractivity contribution in [1.82, 2.24) is 15.1 Å². The average molecular weight is 261 g/mol. The normalized spacial score (nSPS) is 23.5. The van der Waals surface area contributed by atoms with Crippen LogP contribution < -0.4 is 0 Å². The molecule has 2 unspecified atom stereocenters. The van der Waals surface area contributed by atoms with Gasteiger partial charge in [-0.2, -0.15) is 4.98 Å².